The van der Waals surface area contributed by atoms with Crippen molar-refractivity contribution in [1.29, 1.82) is 0 Å². The Balaban J connectivity index is 2.20. The van der Waals surface area contributed by atoms with Gasteiger partial charge in [0.1, 0.15) is 0 Å². The van der Waals surface area contributed by atoms with Crippen LogP contribution in [0.25, 0.3) is 0 Å². The van der Waals surface area contributed by atoms with Crippen LogP contribution in [0.1, 0.15) is 39.5 Å². The first-order valence-corrected chi connectivity index (χ1v) is 7.27. The molecule has 1 aliphatic rings. The Bertz CT molecular complexity index is 297. The van der Waals surface area contributed by atoms with Crippen LogP contribution in [0, 0.1) is 5.92 Å². The average Bonchev–Trinajstić information content (AvgIpc) is 2.42. The molecular formula is C14H27N3O2. The monoisotopic (exact) mass is 269 g/mol. The van der Waals surface area contributed by atoms with Crippen molar-refractivity contribution in [3.05, 3.63) is 0 Å². The molecule has 0 atom stereocenters. The Hall–Kier alpha value is -1.10. The van der Waals surface area contributed by atoms with E-state index in [4.69, 9.17) is 0 Å². The van der Waals surface area contributed by atoms with Crippen LogP contribution < -0.4 is 10.6 Å². The van der Waals surface area contributed by atoms with Crippen LogP contribution in [-0.4, -0.2) is 49.4 Å². The van der Waals surface area contributed by atoms with E-state index < -0.39 is 0 Å². The van der Waals surface area contributed by atoms with Gasteiger partial charge in [0.05, 0.1) is 0 Å². The van der Waals surface area contributed by atoms with Gasteiger partial charge in [-0.05, 0) is 25.8 Å². The Kier molecular flexibility index (Phi) is 6.84. The summed E-state index contributed by atoms with van der Waals surface area (Å²) in [5, 5.41) is 5.99. The molecule has 5 heteroatoms. The van der Waals surface area contributed by atoms with E-state index in [1.807, 2.05) is 4.90 Å². The topological polar surface area (TPSA) is 61.4 Å². The zero-order valence-corrected chi connectivity index (χ0v) is 12.4. The largest absolute Gasteiger partial charge is 0.359 e. The Morgan fingerprint density at radius 1 is 1.26 bits per heavy atom. The third kappa shape index (κ3) is 5.59. The molecule has 5 nitrogen and oxygen atoms in total. The van der Waals surface area contributed by atoms with Gasteiger partial charge in [0, 0.05) is 38.5 Å². The van der Waals surface area contributed by atoms with Gasteiger partial charge in [-0.25, -0.2) is 0 Å². The summed E-state index contributed by atoms with van der Waals surface area (Å²) >= 11 is 0. The molecule has 0 aromatic rings. The summed E-state index contributed by atoms with van der Waals surface area (Å²) < 4.78 is 0. The summed E-state index contributed by atoms with van der Waals surface area (Å²) in [4.78, 5) is 25.4. The third-order valence-corrected chi connectivity index (χ3v) is 3.58. The van der Waals surface area contributed by atoms with E-state index >= 15 is 0 Å². The lowest BCUT2D eigenvalue weighted by molar-refractivity contribution is -0.135. The summed E-state index contributed by atoms with van der Waals surface area (Å²) in [6.45, 7) is 6.53. The fraction of sp³-hybridized carbons (Fsp3) is 0.857. The molecule has 0 aromatic carbocycles. The summed E-state index contributed by atoms with van der Waals surface area (Å²) in [5.74, 6) is 0.408. The van der Waals surface area contributed by atoms with Gasteiger partial charge in [-0.15, -0.1) is 0 Å². The van der Waals surface area contributed by atoms with E-state index in [1.165, 1.54) is 0 Å². The van der Waals surface area contributed by atoms with Crippen molar-refractivity contribution in [3.63, 3.8) is 0 Å². The lowest BCUT2D eigenvalue weighted by Gasteiger charge is -2.31. The standard InChI is InChI=1S/C14H27N3O2/c1-11(2)16-8-4-5-13(18)17-9-6-12(7-10-17)14(19)15-3/h11-12,16H,4-10H2,1-3H3,(H,15,19). The quantitative estimate of drug-likeness (QED) is 0.700. The van der Waals surface area contributed by atoms with Crippen molar-refractivity contribution in [2.75, 3.05) is 26.7 Å². The number of carbonyl (C=O) groups is 2. The SMILES string of the molecule is CNC(=O)C1CCN(C(=O)CCCNC(C)C)CC1. The van der Waals surface area contributed by atoms with E-state index in [2.05, 4.69) is 24.5 Å². The van der Waals surface area contributed by atoms with Gasteiger partial charge in [-0.3, -0.25) is 9.59 Å². The lowest BCUT2D eigenvalue weighted by Crippen LogP contribution is -2.42. The molecule has 0 saturated carbocycles. The Labute approximate surface area is 116 Å². The van der Waals surface area contributed by atoms with E-state index in [1.54, 1.807) is 7.05 Å². The number of nitrogens with zero attached hydrogens (tertiary/aromatic N) is 1. The second-order valence-electron chi connectivity index (χ2n) is 5.48. The average molecular weight is 269 g/mol. The predicted molar refractivity (Wildman–Crippen MR) is 75.7 cm³/mol. The molecule has 1 aliphatic heterocycles. The molecule has 0 spiro atoms. The number of hydrogen-bond donors (Lipinski definition) is 2. The summed E-state index contributed by atoms with van der Waals surface area (Å²) in [5.41, 5.74) is 0. The molecule has 0 aliphatic carbocycles. The number of amides is 2. The molecule has 0 bridgehead atoms. The number of rotatable bonds is 6. The van der Waals surface area contributed by atoms with Crippen LogP contribution in [0.15, 0.2) is 0 Å². The fourth-order valence-electron chi connectivity index (χ4n) is 2.38. The molecule has 110 valence electrons. The minimum atomic E-state index is 0.0802. The third-order valence-electron chi connectivity index (χ3n) is 3.58. The minimum Gasteiger partial charge on any atom is -0.359 e. The molecule has 0 unspecified atom stereocenters. The second-order valence-corrected chi connectivity index (χ2v) is 5.48. The van der Waals surface area contributed by atoms with Crippen molar-refractivity contribution >= 4 is 11.8 Å². The number of hydrogen-bond acceptors (Lipinski definition) is 3. The molecule has 1 saturated heterocycles. The fourth-order valence-corrected chi connectivity index (χ4v) is 2.38. The Morgan fingerprint density at radius 2 is 1.89 bits per heavy atom. The zero-order valence-electron chi connectivity index (χ0n) is 12.4. The van der Waals surface area contributed by atoms with Crippen molar-refractivity contribution in [1.82, 2.24) is 15.5 Å². The van der Waals surface area contributed by atoms with Crippen LogP contribution >= 0.6 is 0 Å². The first-order valence-electron chi connectivity index (χ1n) is 7.27. The highest BCUT2D eigenvalue weighted by Gasteiger charge is 2.26. The zero-order chi connectivity index (χ0) is 14.3. The summed E-state index contributed by atoms with van der Waals surface area (Å²) in [6.07, 6.45) is 3.06. The minimum absolute atomic E-state index is 0.0802. The normalized spacial score (nSPS) is 16.7. The lowest BCUT2D eigenvalue weighted by atomic mass is 9.96. The van der Waals surface area contributed by atoms with E-state index in [0.29, 0.717) is 25.6 Å². The van der Waals surface area contributed by atoms with Crippen molar-refractivity contribution in [2.24, 2.45) is 5.92 Å². The second kappa shape index (κ2) is 8.15. The van der Waals surface area contributed by atoms with Gasteiger partial charge < -0.3 is 15.5 Å². The van der Waals surface area contributed by atoms with Crippen LogP contribution in [0.4, 0.5) is 0 Å². The van der Waals surface area contributed by atoms with E-state index in [9.17, 15) is 9.59 Å². The smallest absolute Gasteiger partial charge is 0.222 e. The highest BCUT2D eigenvalue weighted by molar-refractivity contribution is 5.79. The van der Waals surface area contributed by atoms with Crippen molar-refractivity contribution < 1.29 is 9.59 Å². The molecule has 0 aromatic heterocycles. The van der Waals surface area contributed by atoms with Crippen LogP contribution in [0.5, 0.6) is 0 Å². The molecule has 1 fully saturated rings. The molecule has 19 heavy (non-hydrogen) atoms. The van der Waals surface area contributed by atoms with Crippen molar-refractivity contribution in [2.45, 2.75) is 45.6 Å². The number of likely N-dealkylation sites (tertiary alicyclic amines) is 1. The van der Waals surface area contributed by atoms with E-state index in [-0.39, 0.29) is 17.7 Å². The molecule has 0 radical (unpaired) electrons. The maximum absolute atomic E-state index is 12.0. The summed E-state index contributed by atoms with van der Waals surface area (Å²) in [6, 6.07) is 0.471. The first kappa shape index (κ1) is 16.0. The number of carbonyl (C=O) groups excluding carboxylic acids is 2. The van der Waals surface area contributed by atoms with Crippen molar-refractivity contribution in [3.8, 4) is 0 Å². The highest BCUT2D eigenvalue weighted by Crippen LogP contribution is 2.18. The first-order chi connectivity index (χ1) is 9.04. The van der Waals surface area contributed by atoms with Gasteiger partial charge in [-0.2, -0.15) is 0 Å². The van der Waals surface area contributed by atoms with Gasteiger partial charge >= 0.3 is 0 Å². The maximum Gasteiger partial charge on any atom is 0.222 e. The summed E-state index contributed by atoms with van der Waals surface area (Å²) in [7, 11) is 1.67. The van der Waals surface area contributed by atoms with Crippen LogP contribution in [0.3, 0.4) is 0 Å². The van der Waals surface area contributed by atoms with Gasteiger partial charge in [0.25, 0.3) is 0 Å². The molecule has 1 heterocycles. The highest BCUT2D eigenvalue weighted by atomic mass is 16.2. The van der Waals surface area contributed by atoms with Crippen LogP contribution in [0.2, 0.25) is 0 Å². The Morgan fingerprint density at radius 3 is 2.42 bits per heavy atom. The van der Waals surface area contributed by atoms with Gasteiger partial charge in [-0.1, -0.05) is 13.8 Å². The predicted octanol–water partition coefficient (Wildman–Crippen LogP) is 0.749. The molecular weight excluding hydrogens is 242 g/mol. The van der Waals surface area contributed by atoms with Crippen LogP contribution in [-0.2, 0) is 9.59 Å². The van der Waals surface area contributed by atoms with E-state index in [0.717, 1.165) is 25.8 Å². The molecule has 2 amide bonds. The molecule has 2 N–H and O–H groups in total. The maximum atomic E-state index is 12.0. The number of piperidine rings is 1. The van der Waals surface area contributed by atoms with Gasteiger partial charge in [0.2, 0.25) is 11.8 Å². The van der Waals surface area contributed by atoms with Gasteiger partial charge in [0.15, 0.2) is 0 Å². The molecule has 1 rings (SSSR count). The number of nitrogens with one attached hydrogen (secondary N) is 2.